The molecule has 3 heterocycles. The summed E-state index contributed by atoms with van der Waals surface area (Å²) in [4.78, 5) is 9.09. The van der Waals surface area contributed by atoms with Crippen molar-refractivity contribution in [2.75, 3.05) is 11.9 Å². The number of nitrogens with one attached hydrogen (secondary N) is 2. The van der Waals surface area contributed by atoms with Gasteiger partial charge in [-0.05, 0) is 65.1 Å². The summed E-state index contributed by atoms with van der Waals surface area (Å²) in [6.45, 7) is 1.08. The second-order valence-electron chi connectivity index (χ2n) is 5.88. The van der Waals surface area contributed by atoms with E-state index in [1.807, 2.05) is 30.5 Å². The quantitative estimate of drug-likeness (QED) is 0.630. The Bertz CT molecular complexity index is 893. The summed E-state index contributed by atoms with van der Waals surface area (Å²) in [7, 11) is 0. The van der Waals surface area contributed by atoms with E-state index in [0.29, 0.717) is 16.9 Å². The van der Waals surface area contributed by atoms with Crippen molar-refractivity contribution in [2.45, 2.75) is 18.9 Å². The minimum atomic E-state index is 0.408. The lowest BCUT2D eigenvalue weighted by molar-refractivity contribution is 0.646. The number of rotatable bonds is 3. The molecule has 0 bridgehead atoms. The van der Waals surface area contributed by atoms with E-state index in [1.165, 1.54) is 12.0 Å². The number of aromatic nitrogens is 2. The lowest BCUT2D eigenvalue weighted by Gasteiger charge is -2.13. The van der Waals surface area contributed by atoms with Gasteiger partial charge in [-0.15, -0.1) is 0 Å². The van der Waals surface area contributed by atoms with E-state index < -0.39 is 0 Å². The molecule has 0 saturated carbocycles. The molecule has 1 aliphatic rings. The highest BCUT2D eigenvalue weighted by atomic mass is 79.9. The van der Waals surface area contributed by atoms with Crippen LogP contribution in [0.3, 0.4) is 0 Å². The number of pyridine rings is 2. The van der Waals surface area contributed by atoms with Crippen molar-refractivity contribution < 1.29 is 0 Å². The third-order valence-corrected chi connectivity index (χ3v) is 5.58. The van der Waals surface area contributed by atoms with Crippen LogP contribution >= 0.6 is 27.5 Å². The number of benzene rings is 1. The maximum Gasteiger partial charge on any atom is 0.156 e. The molecule has 0 spiro atoms. The van der Waals surface area contributed by atoms with Crippen molar-refractivity contribution >= 4 is 49.9 Å². The fourth-order valence-corrected chi connectivity index (χ4v) is 3.60. The Labute approximate surface area is 153 Å². The van der Waals surface area contributed by atoms with Gasteiger partial charge in [-0.25, -0.2) is 4.98 Å². The minimum Gasteiger partial charge on any atom is -0.337 e. The second kappa shape index (κ2) is 6.67. The maximum atomic E-state index is 6.34. The van der Waals surface area contributed by atoms with Crippen molar-refractivity contribution in [3.8, 4) is 0 Å². The zero-order chi connectivity index (χ0) is 16.5. The highest BCUT2D eigenvalue weighted by Crippen LogP contribution is 2.33. The molecule has 122 valence electrons. The molecule has 24 heavy (non-hydrogen) atoms. The molecule has 0 aliphatic carbocycles. The van der Waals surface area contributed by atoms with E-state index in [4.69, 9.17) is 11.6 Å². The molecule has 1 fully saturated rings. The predicted molar refractivity (Wildman–Crippen MR) is 102 cm³/mol. The first-order valence-corrected chi connectivity index (χ1v) is 9.08. The molecule has 3 aromatic rings. The molecule has 1 atom stereocenters. The molecule has 1 unspecified atom stereocenters. The molecule has 2 N–H and O–H groups in total. The molecular formula is C18H16BrClN4. The summed E-state index contributed by atoms with van der Waals surface area (Å²) in [5, 5.41) is 8.51. The topological polar surface area (TPSA) is 49.8 Å². The fraction of sp³-hybridized carbons (Fsp3) is 0.222. The number of nitrogens with zero attached hydrogens (tertiary/aromatic N) is 2. The Morgan fingerprint density at radius 2 is 2.17 bits per heavy atom. The van der Waals surface area contributed by atoms with Gasteiger partial charge >= 0.3 is 0 Å². The molecule has 1 saturated heterocycles. The van der Waals surface area contributed by atoms with Crippen molar-refractivity contribution in [3.63, 3.8) is 0 Å². The monoisotopic (exact) mass is 402 g/mol. The second-order valence-corrected chi connectivity index (χ2v) is 7.11. The van der Waals surface area contributed by atoms with Gasteiger partial charge in [-0.3, -0.25) is 4.98 Å². The highest BCUT2D eigenvalue weighted by molar-refractivity contribution is 9.10. The molecule has 6 heteroatoms. The number of halogens is 2. The SMILES string of the molecule is Clc1c(Br)cccc1Nc1nccc2cc(C3CCCN3)cnc12. The first-order chi connectivity index (χ1) is 11.7. The zero-order valence-corrected chi connectivity index (χ0v) is 15.2. The van der Waals surface area contributed by atoms with Crippen LogP contribution in [0.2, 0.25) is 5.02 Å². The first-order valence-electron chi connectivity index (χ1n) is 7.91. The molecule has 1 aromatic carbocycles. The molecule has 4 nitrogen and oxygen atoms in total. The van der Waals surface area contributed by atoms with E-state index >= 15 is 0 Å². The Balaban J connectivity index is 1.72. The van der Waals surface area contributed by atoms with Gasteiger partial charge in [0.1, 0.15) is 5.52 Å². The van der Waals surface area contributed by atoms with Crippen molar-refractivity contribution in [1.82, 2.24) is 15.3 Å². The van der Waals surface area contributed by atoms with Gasteiger partial charge in [0, 0.05) is 28.3 Å². The van der Waals surface area contributed by atoms with Crippen LogP contribution in [0.4, 0.5) is 11.5 Å². The van der Waals surface area contributed by atoms with Crippen molar-refractivity contribution in [1.29, 1.82) is 0 Å². The standard InChI is InChI=1S/C18H16BrClN4/c19-13-3-1-4-15(16(13)20)24-18-17-11(6-8-22-18)9-12(10-23-17)14-5-2-7-21-14/h1,3-4,6,8-10,14,21H,2,5,7H2,(H,22,24). The van der Waals surface area contributed by atoms with Crippen molar-refractivity contribution in [2.24, 2.45) is 0 Å². The Morgan fingerprint density at radius 3 is 3.00 bits per heavy atom. The van der Waals surface area contributed by atoms with Gasteiger partial charge in [-0.1, -0.05) is 17.7 Å². The van der Waals surface area contributed by atoms with Gasteiger partial charge in [0.2, 0.25) is 0 Å². The molecule has 4 rings (SSSR count). The number of hydrogen-bond donors (Lipinski definition) is 2. The van der Waals surface area contributed by atoms with Crippen LogP contribution in [0.25, 0.3) is 10.9 Å². The van der Waals surface area contributed by atoms with Crippen LogP contribution in [0, 0.1) is 0 Å². The normalized spacial score (nSPS) is 17.3. The van der Waals surface area contributed by atoms with E-state index in [1.54, 1.807) is 6.20 Å². The van der Waals surface area contributed by atoms with Crippen molar-refractivity contribution in [3.05, 3.63) is 57.8 Å². The first kappa shape index (κ1) is 15.8. The average Bonchev–Trinajstić information content (AvgIpc) is 3.13. The molecule has 2 aromatic heterocycles. The number of hydrogen-bond acceptors (Lipinski definition) is 4. The summed E-state index contributed by atoms with van der Waals surface area (Å²) in [6, 6.07) is 10.4. The number of fused-ring (bicyclic) bond motifs is 1. The molecule has 0 radical (unpaired) electrons. The largest absolute Gasteiger partial charge is 0.337 e. The fourth-order valence-electron chi connectivity index (χ4n) is 3.06. The smallest absolute Gasteiger partial charge is 0.156 e. The lowest BCUT2D eigenvalue weighted by atomic mass is 10.1. The Kier molecular flexibility index (Phi) is 4.39. The van der Waals surface area contributed by atoms with Gasteiger partial charge in [0.25, 0.3) is 0 Å². The van der Waals surface area contributed by atoms with Crippen LogP contribution in [0.5, 0.6) is 0 Å². The third-order valence-electron chi connectivity index (χ3n) is 4.29. The Hall–Kier alpha value is -1.69. The Morgan fingerprint density at radius 1 is 1.25 bits per heavy atom. The van der Waals surface area contributed by atoms with Crippen LogP contribution in [-0.2, 0) is 0 Å². The lowest BCUT2D eigenvalue weighted by Crippen LogP contribution is -2.13. The van der Waals surface area contributed by atoms with Crippen LogP contribution in [-0.4, -0.2) is 16.5 Å². The highest BCUT2D eigenvalue weighted by Gasteiger charge is 2.17. The van der Waals surface area contributed by atoms with Gasteiger partial charge < -0.3 is 10.6 Å². The molecule has 0 amide bonds. The average molecular weight is 404 g/mol. The van der Waals surface area contributed by atoms with Gasteiger partial charge in [0.15, 0.2) is 5.82 Å². The van der Waals surface area contributed by atoms with Crippen LogP contribution in [0.1, 0.15) is 24.4 Å². The summed E-state index contributed by atoms with van der Waals surface area (Å²) in [6.07, 6.45) is 6.12. The minimum absolute atomic E-state index is 0.408. The summed E-state index contributed by atoms with van der Waals surface area (Å²) >= 11 is 9.78. The van der Waals surface area contributed by atoms with E-state index in [9.17, 15) is 0 Å². The summed E-state index contributed by atoms with van der Waals surface area (Å²) < 4.78 is 0.844. The third kappa shape index (κ3) is 2.99. The zero-order valence-electron chi connectivity index (χ0n) is 12.9. The van der Waals surface area contributed by atoms with Gasteiger partial charge in [-0.2, -0.15) is 0 Å². The predicted octanol–water partition coefficient (Wildman–Crippen LogP) is 5.21. The van der Waals surface area contributed by atoms with Gasteiger partial charge in [0.05, 0.1) is 10.7 Å². The van der Waals surface area contributed by atoms with Crippen LogP contribution in [0.15, 0.2) is 47.2 Å². The summed E-state index contributed by atoms with van der Waals surface area (Å²) in [5.74, 6) is 0.707. The molecule has 1 aliphatic heterocycles. The van der Waals surface area contributed by atoms with Crippen LogP contribution < -0.4 is 10.6 Å². The molecular weight excluding hydrogens is 388 g/mol. The number of anilines is 2. The van der Waals surface area contributed by atoms with E-state index in [-0.39, 0.29) is 0 Å². The van der Waals surface area contributed by atoms with E-state index in [0.717, 1.165) is 34.0 Å². The van der Waals surface area contributed by atoms with E-state index in [2.05, 4.69) is 42.6 Å². The summed E-state index contributed by atoms with van der Waals surface area (Å²) in [5.41, 5.74) is 2.88. The maximum absolute atomic E-state index is 6.34.